The van der Waals surface area contributed by atoms with Crippen LogP contribution in [0.3, 0.4) is 0 Å². The van der Waals surface area contributed by atoms with Crippen molar-refractivity contribution in [2.75, 3.05) is 5.32 Å². The molecule has 3 N–H and O–H groups in total. The summed E-state index contributed by atoms with van der Waals surface area (Å²) in [6.07, 6.45) is -3.49. The molecule has 2 amide bonds. The van der Waals surface area contributed by atoms with Crippen LogP contribution in [0.5, 0.6) is 11.5 Å². The lowest BCUT2D eigenvalue weighted by Gasteiger charge is -2.19. The van der Waals surface area contributed by atoms with E-state index in [0.29, 0.717) is 5.56 Å². The van der Waals surface area contributed by atoms with Crippen molar-refractivity contribution in [3.8, 4) is 11.5 Å². The number of aryl methyl sites for hydroxylation is 1. The molecular formula is C22H17F4N3O3. The normalized spacial score (nSPS) is 11.2. The van der Waals surface area contributed by atoms with Crippen molar-refractivity contribution >= 4 is 17.5 Å². The Hall–Kier alpha value is -3.95. The van der Waals surface area contributed by atoms with Crippen molar-refractivity contribution in [1.82, 2.24) is 4.98 Å². The quantitative estimate of drug-likeness (QED) is 0.538. The van der Waals surface area contributed by atoms with Gasteiger partial charge in [0.15, 0.2) is 0 Å². The number of nitrogens with one attached hydrogen (secondary N) is 1. The van der Waals surface area contributed by atoms with Gasteiger partial charge in [0.1, 0.15) is 23.0 Å². The fourth-order valence-electron chi connectivity index (χ4n) is 3.04. The van der Waals surface area contributed by atoms with Gasteiger partial charge in [-0.3, -0.25) is 14.6 Å². The number of alkyl halides is 3. The van der Waals surface area contributed by atoms with Gasteiger partial charge in [-0.05, 0) is 67.4 Å². The summed E-state index contributed by atoms with van der Waals surface area (Å²) in [5, 5.41) is 2.43. The Morgan fingerprint density at radius 2 is 1.72 bits per heavy atom. The SMILES string of the molecule is Cc1cc(F)ccc1Oc1ccc(C(F)(F)F)c(C)c1C(=O)Nc1ccnc(C(N)=O)c1. The molecule has 1 heterocycles. The summed E-state index contributed by atoms with van der Waals surface area (Å²) in [7, 11) is 0. The third kappa shape index (κ3) is 4.85. The molecule has 0 bridgehead atoms. The molecule has 0 aliphatic heterocycles. The number of halogens is 4. The molecule has 0 radical (unpaired) electrons. The van der Waals surface area contributed by atoms with E-state index >= 15 is 0 Å². The number of anilines is 1. The Labute approximate surface area is 180 Å². The van der Waals surface area contributed by atoms with Crippen LogP contribution >= 0.6 is 0 Å². The van der Waals surface area contributed by atoms with E-state index in [-0.39, 0.29) is 34.0 Å². The summed E-state index contributed by atoms with van der Waals surface area (Å²) in [5.41, 5.74) is 3.75. The monoisotopic (exact) mass is 447 g/mol. The van der Waals surface area contributed by atoms with E-state index in [4.69, 9.17) is 10.5 Å². The molecule has 1 aromatic heterocycles. The Bertz CT molecular complexity index is 1210. The van der Waals surface area contributed by atoms with Crippen LogP contribution in [0.15, 0.2) is 48.7 Å². The first-order chi connectivity index (χ1) is 15.0. The van der Waals surface area contributed by atoms with Gasteiger partial charge in [-0.15, -0.1) is 0 Å². The standard InChI is InChI=1S/C22H17F4N3O3/c1-11-9-13(23)3-5-17(11)32-18-6-4-15(22(24,25)26)12(2)19(18)21(31)29-14-7-8-28-16(10-14)20(27)30/h3-10H,1-2H3,(H2,27,30)(H,28,29,31). The second kappa shape index (κ2) is 8.66. The fourth-order valence-corrected chi connectivity index (χ4v) is 3.04. The lowest BCUT2D eigenvalue weighted by Crippen LogP contribution is -2.19. The molecule has 6 nitrogen and oxygen atoms in total. The number of benzene rings is 2. The number of ether oxygens (including phenoxy) is 1. The maximum absolute atomic E-state index is 13.5. The molecule has 0 aliphatic carbocycles. The van der Waals surface area contributed by atoms with Crippen LogP contribution in [0.4, 0.5) is 23.2 Å². The average molecular weight is 447 g/mol. The molecule has 3 aromatic rings. The van der Waals surface area contributed by atoms with E-state index in [1.807, 2.05) is 0 Å². The summed E-state index contributed by atoms with van der Waals surface area (Å²) in [6, 6.07) is 7.98. The van der Waals surface area contributed by atoms with E-state index < -0.39 is 29.4 Å². The smallest absolute Gasteiger partial charge is 0.416 e. The largest absolute Gasteiger partial charge is 0.456 e. The van der Waals surface area contributed by atoms with Crippen LogP contribution < -0.4 is 15.8 Å². The summed E-state index contributed by atoms with van der Waals surface area (Å²) in [5.74, 6) is -2.26. The van der Waals surface area contributed by atoms with Gasteiger partial charge in [-0.1, -0.05) is 0 Å². The molecule has 0 atom stereocenters. The second-order valence-electron chi connectivity index (χ2n) is 6.87. The first-order valence-electron chi connectivity index (χ1n) is 9.19. The Morgan fingerprint density at radius 1 is 1.03 bits per heavy atom. The average Bonchev–Trinajstić information content (AvgIpc) is 2.69. The molecule has 10 heteroatoms. The number of aromatic nitrogens is 1. The van der Waals surface area contributed by atoms with Crippen molar-refractivity contribution in [2.45, 2.75) is 20.0 Å². The number of amides is 2. The van der Waals surface area contributed by atoms with Crippen LogP contribution in [-0.4, -0.2) is 16.8 Å². The van der Waals surface area contributed by atoms with Gasteiger partial charge in [0.2, 0.25) is 0 Å². The minimum Gasteiger partial charge on any atom is -0.456 e. The molecule has 0 spiro atoms. The van der Waals surface area contributed by atoms with Gasteiger partial charge < -0.3 is 15.8 Å². The minimum atomic E-state index is -4.71. The molecule has 166 valence electrons. The maximum Gasteiger partial charge on any atom is 0.416 e. The molecule has 2 aromatic carbocycles. The van der Waals surface area contributed by atoms with E-state index in [1.54, 1.807) is 6.92 Å². The summed E-state index contributed by atoms with van der Waals surface area (Å²) in [6.45, 7) is 2.70. The minimum absolute atomic E-state index is 0.0968. The fraction of sp³-hybridized carbons (Fsp3) is 0.136. The molecule has 0 fully saturated rings. The topological polar surface area (TPSA) is 94.3 Å². The number of nitrogens with two attached hydrogens (primary N) is 1. The first kappa shape index (κ1) is 22.7. The van der Waals surface area contributed by atoms with Crippen LogP contribution in [0.2, 0.25) is 0 Å². The first-order valence-corrected chi connectivity index (χ1v) is 9.19. The number of primary amides is 1. The number of carbonyl (C=O) groups is 2. The molecule has 0 saturated carbocycles. The van der Waals surface area contributed by atoms with E-state index in [0.717, 1.165) is 25.1 Å². The second-order valence-corrected chi connectivity index (χ2v) is 6.87. The highest BCUT2D eigenvalue weighted by Crippen LogP contribution is 2.38. The van der Waals surface area contributed by atoms with Crippen LogP contribution in [-0.2, 0) is 6.18 Å². The van der Waals surface area contributed by atoms with Crippen molar-refractivity contribution in [1.29, 1.82) is 0 Å². The number of rotatable bonds is 5. The van der Waals surface area contributed by atoms with Gasteiger partial charge >= 0.3 is 6.18 Å². The third-order valence-corrected chi connectivity index (χ3v) is 4.59. The van der Waals surface area contributed by atoms with Crippen LogP contribution in [0.1, 0.15) is 37.5 Å². The summed E-state index contributed by atoms with van der Waals surface area (Å²) < 4.78 is 59.4. The highest BCUT2D eigenvalue weighted by Gasteiger charge is 2.35. The molecule has 0 aliphatic rings. The Balaban J connectivity index is 2.07. The number of hydrogen-bond acceptors (Lipinski definition) is 4. The zero-order valence-corrected chi connectivity index (χ0v) is 16.9. The highest BCUT2D eigenvalue weighted by atomic mass is 19.4. The molecule has 3 rings (SSSR count). The van der Waals surface area contributed by atoms with Crippen molar-refractivity contribution < 1.29 is 31.9 Å². The predicted molar refractivity (Wildman–Crippen MR) is 108 cm³/mol. The number of nitrogens with zero attached hydrogens (tertiary/aromatic N) is 1. The summed E-state index contributed by atoms with van der Waals surface area (Å²) >= 11 is 0. The van der Waals surface area contributed by atoms with Gasteiger partial charge in [-0.2, -0.15) is 13.2 Å². The molecule has 0 unspecified atom stereocenters. The number of pyridine rings is 1. The number of hydrogen-bond donors (Lipinski definition) is 2. The lowest BCUT2D eigenvalue weighted by atomic mass is 9.99. The van der Waals surface area contributed by atoms with Crippen LogP contribution in [0, 0.1) is 19.7 Å². The zero-order valence-electron chi connectivity index (χ0n) is 16.9. The zero-order chi connectivity index (χ0) is 23.6. The Morgan fingerprint density at radius 3 is 2.34 bits per heavy atom. The van der Waals surface area contributed by atoms with Crippen molar-refractivity contribution in [2.24, 2.45) is 5.73 Å². The van der Waals surface area contributed by atoms with E-state index in [1.165, 1.54) is 30.5 Å². The van der Waals surface area contributed by atoms with Gasteiger partial charge in [0, 0.05) is 11.9 Å². The predicted octanol–water partition coefficient (Wildman–Crippen LogP) is 5.00. The molecular weight excluding hydrogens is 430 g/mol. The van der Waals surface area contributed by atoms with E-state index in [2.05, 4.69) is 10.3 Å². The van der Waals surface area contributed by atoms with Crippen molar-refractivity contribution in [3.05, 3.63) is 82.4 Å². The van der Waals surface area contributed by atoms with Gasteiger partial charge in [-0.25, -0.2) is 4.39 Å². The van der Waals surface area contributed by atoms with Crippen molar-refractivity contribution in [3.63, 3.8) is 0 Å². The molecule has 32 heavy (non-hydrogen) atoms. The van der Waals surface area contributed by atoms with Gasteiger partial charge in [0.25, 0.3) is 11.8 Å². The van der Waals surface area contributed by atoms with Gasteiger partial charge in [0.05, 0.1) is 11.1 Å². The van der Waals surface area contributed by atoms with Crippen LogP contribution in [0.25, 0.3) is 0 Å². The Kier molecular flexibility index (Phi) is 6.15. The maximum atomic E-state index is 13.5. The molecule has 0 saturated heterocycles. The lowest BCUT2D eigenvalue weighted by molar-refractivity contribution is -0.138. The number of carbonyl (C=O) groups excluding carboxylic acids is 2. The highest BCUT2D eigenvalue weighted by molar-refractivity contribution is 6.08. The van der Waals surface area contributed by atoms with E-state index in [9.17, 15) is 27.2 Å². The summed E-state index contributed by atoms with van der Waals surface area (Å²) in [4.78, 5) is 28.0. The third-order valence-electron chi connectivity index (χ3n) is 4.59.